The van der Waals surface area contributed by atoms with Crippen LogP contribution >= 0.6 is 0 Å². The Morgan fingerprint density at radius 2 is 2.08 bits per heavy atom. The van der Waals surface area contributed by atoms with Crippen LogP contribution in [0, 0.1) is 5.92 Å². The van der Waals surface area contributed by atoms with Gasteiger partial charge < -0.3 is 0 Å². The first-order chi connectivity index (χ1) is 6.03. The van der Waals surface area contributed by atoms with E-state index in [1.54, 1.807) is 0 Å². The zero-order valence-corrected chi connectivity index (χ0v) is 7.53. The highest BCUT2D eigenvalue weighted by molar-refractivity contribution is 4.83. The Bertz CT molecular complexity index is 156. The number of rotatable bonds is 5. The molecular weight excluding hydrogens is 183 g/mol. The third kappa shape index (κ3) is 4.47. The lowest BCUT2D eigenvalue weighted by molar-refractivity contribution is -0.193. The maximum atomic E-state index is 11.7. The summed E-state index contributed by atoms with van der Waals surface area (Å²) in [6.07, 6.45) is -1.24. The highest BCUT2D eigenvalue weighted by Gasteiger charge is 2.32. The van der Waals surface area contributed by atoms with Crippen molar-refractivity contribution in [1.29, 1.82) is 0 Å². The van der Waals surface area contributed by atoms with Crippen LogP contribution in [-0.4, -0.2) is 18.8 Å². The minimum Gasteiger partial charge on any atom is -0.292 e. The molecule has 1 aliphatic rings. The SMILES string of the molecule is CCC(NOCC(F)(F)F)C1CC1. The molecule has 0 aromatic rings. The van der Waals surface area contributed by atoms with E-state index in [-0.39, 0.29) is 6.04 Å². The lowest BCUT2D eigenvalue weighted by Crippen LogP contribution is -2.34. The largest absolute Gasteiger partial charge is 0.413 e. The lowest BCUT2D eigenvalue weighted by atomic mass is 10.1. The Kier molecular flexibility index (Phi) is 3.55. The molecule has 1 unspecified atom stereocenters. The molecule has 0 bridgehead atoms. The molecular formula is C8H14F3NO. The van der Waals surface area contributed by atoms with Crippen molar-refractivity contribution >= 4 is 0 Å². The summed E-state index contributed by atoms with van der Waals surface area (Å²) < 4.78 is 35.0. The van der Waals surface area contributed by atoms with Crippen LogP contribution in [0.25, 0.3) is 0 Å². The molecule has 2 nitrogen and oxygen atoms in total. The minimum absolute atomic E-state index is 0.0855. The van der Waals surface area contributed by atoms with Crippen molar-refractivity contribution in [2.75, 3.05) is 6.61 Å². The molecule has 78 valence electrons. The monoisotopic (exact) mass is 197 g/mol. The summed E-state index contributed by atoms with van der Waals surface area (Å²) in [5.41, 5.74) is 2.47. The van der Waals surface area contributed by atoms with Crippen molar-refractivity contribution in [2.45, 2.75) is 38.4 Å². The molecule has 1 aliphatic carbocycles. The molecule has 1 fully saturated rings. The average Bonchev–Trinajstić information content (AvgIpc) is 2.78. The third-order valence-electron chi connectivity index (χ3n) is 2.10. The van der Waals surface area contributed by atoms with Crippen LogP contribution < -0.4 is 5.48 Å². The van der Waals surface area contributed by atoms with Gasteiger partial charge in [0.1, 0.15) is 0 Å². The molecule has 1 saturated carbocycles. The molecule has 13 heavy (non-hydrogen) atoms. The van der Waals surface area contributed by atoms with E-state index in [1.165, 1.54) is 0 Å². The molecule has 0 amide bonds. The second-order valence-corrected chi connectivity index (χ2v) is 3.37. The molecule has 0 saturated heterocycles. The van der Waals surface area contributed by atoms with Crippen LogP contribution in [0.3, 0.4) is 0 Å². The summed E-state index contributed by atoms with van der Waals surface area (Å²) in [4.78, 5) is 4.38. The van der Waals surface area contributed by atoms with E-state index in [0.717, 1.165) is 19.3 Å². The fraction of sp³-hybridized carbons (Fsp3) is 1.00. The van der Waals surface area contributed by atoms with Gasteiger partial charge >= 0.3 is 6.18 Å². The Labute approximate surface area is 75.4 Å². The second kappa shape index (κ2) is 4.28. The van der Waals surface area contributed by atoms with Crippen molar-refractivity contribution in [2.24, 2.45) is 5.92 Å². The zero-order valence-electron chi connectivity index (χ0n) is 7.53. The standard InChI is InChI=1S/C8H14F3NO/c1-2-7(6-3-4-6)12-13-5-8(9,10)11/h6-7,12H,2-5H2,1H3. The van der Waals surface area contributed by atoms with Gasteiger partial charge in [0.25, 0.3) is 0 Å². The van der Waals surface area contributed by atoms with Crippen LogP contribution in [0.4, 0.5) is 13.2 Å². The summed E-state index contributed by atoms with van der Waals surface area (Å²) in [6, 6.07) is 0.0855. The first kappa shape index (κ1) is 10.8. The van der Waals surface area contributed by atoms with Gasteiger partial charge in [-0.2, -0.15) is 18.7 Å². The summed E-state index contributed by atoms with van der Waals surface area (Å²) >= 11 is 0. The molecule has 0 spiro atoms. The topological polar surface area (TPSA) is 21.3 Å². The smallest absolute Gasteiger partial charge is 0.292 e. The van der Waals surface area contributed by atoms with E-state index in [2.05, 4.69) is 10.3 Å². The van der Waals surface area contributed by atoms with Crippen LogP contribution in [0.1, 0.15) is 26.2 Å². The maximum absolute atomic E-state index is 11.7. The summed E-state index contributed by atoms with van der Waals surface area (Å²) in [6.45, 7) is 0.725. The van der Waals surface area contributed by atoms with Gasteiger partial charge in [0.15, 0.2) is 6.61 Å². The fourth-order valence-corrected chi connectivity index (χ4v) is 1.24. The van der Waals surface area contributed by atoms with E-state index in [4.69, 9.17) is 0 Å². The average molecular weight is 197 g/mol. The van der Waals surface area contributed by atoms with E-state index in [1.807, 2.05) is 6.92 Å². The Hall–Kier alpha value is -0.290. The van der Waals surface area contributed by atoms with E-state index >= 15 is 0 Å². The number of halogens is 3. The van der Waals surface area contributed by atoms with Crippen LogP contribution in [-0.2, 0) is 4.84 Å². The molecule has 1 N–H and O–H groups in total. The van der Waals surface area contributed by atoms with Gasteiger partial charge in [-0.15, -0.1) is 0 Å². The van der Waals surface area contributed by atoms with Crippen molar-refractivity contribution < 1.29 is 18.0 Å². The van der Waals surface area contributed by atoms with E-state index in [9.17, 15) is 13.2 Å². The Balaban J connectivity index is 2.09. The number of hydrogen-bond donors (Lipinski definition) is 1. The highest BCUT2D eigenvalue weighted by Crippen LogP contribution is 2.33. The number of alkyl halides is 3. The molecule has 0 aromatic heterocycles. The van der Waals surface area contributed by atoms with Gasteiger partial charge in [-0.1, -0.05) is 6.92 Å². The predicted molar refractivity (Wildman–Crippen MR) is 41.9 cm³/mol. The van der Waals surface area contributed by atoms with Crippen molar-refractivity contribution in [3.63, 3.8) is 0 Å². The van der Waals surface area contributed by atoms with E-state index < -0.39 is 12.8 Å². The maximum Gasteiger partial charge on any atom is 0.413 e. The first-order valence-electron chi connectivity index (χ1n) is 4.47. The van der Waals surface area contributed by atoms with Gasteiger partial charge in [0.2, 0.25) is 0 Å². The Morgan fingerprint density at radius 1 is 1.46 bits per heavy atom. The van der Waals surface area contributed by atoms with Crippen LogP contribution in [0.15, 0.2) is 0 Å². The van der Waals surface area contributed by atoms with Crippen LogP contribution in [0.5, 0.6) is 0 Å². The van der Waals surface area contributed by atoms with Crippen molar-refractivity contribution in [3.8, 4) is 0 Å². The fourth-order valence-electron chi connectivity index (χ4n) is 1.24. The lowest BCUT2D eigenvalue weighted by Gasteiger charge is -2.16. The molecule has 0 radical (unpaired) electrons. The van der Waals surface area contributed by atoms with E-state index in [0.29, 0.717) is 5.92 Å². The number of hydrogen-bond acceptors (Lipinski definition) is 2. The van der Waals surface area contributed by atoms with Crippen LogP contribution in [0.2, 0.25) is 0 Å². The molecule has 0 aliphatic heterocycles. The molecule has 0 heterocycles. The molecule has 1 atom stereocenters. The predicted octanol–water partition coefficient (Wildman–Crippen LogP) is 2.26. The van der Waals surface area contributed by atoms with Crippen molar-refractivity contribution in [1.82, 2.24) is 5.48 Å². The molecule has 1 rings (SSSR count). The molecule has 5 heteroatoms. The van der Waals surface area contributed by atoms with Gasteiger partial charge in [0.05, 0.1) is 0 Å². The normalized spacial score (nSPS) is 20.3. The quantitative estimate of drug-likeness (QED) is 0.682. The second-order valence-electron chi connectivity index (χ2n) is 3.37. The summed E-state index contributed by atoms with van der Waals surface area (Å²) in [5, 5.41) is 0. The number of hydroxylamine groups is 1. The van der Waals surface area contributed by atoms with Gasteiger partial charge in [-0.3, -0.25) is 4.84 Å². The minimum atomic E-state index is -4.24. The Morgan fingerprint density at radius 3 is 2.46 bits per heavy atom. The first-order valence-corrected chi connectivity index (χ1v) is 4.47. The van der Waals surface area contributed by atoms with Gasteiger partial charge in [-0.25, -0.2) is 0 Å². The third-order valence-corrected chi connectivity index (χ3v) is 2.10. The van der Waals surface area contributed by atoms with Gasteiger partial charge in [0, 0.05) is 6.04 Å². The molecule has 0 aromatic carbocycles. The zero-order chi connectivity index (χ0) is 9.90. The summed E-state index contributed by atoms with van der Waals surface area (Å²) in [5.74, 6) is 0.512. The summed E-state index contributed by atoms with van der Waals surface area (Å²) in [7, 11) is 0. The van der Waals surface area contributed by atoms with Crippen molar-refractivity contribution in [3.05, 3.63) is 0 Å². The number of nitrogens with one attached hydrogen (secondary N) is 1. The highest BCUT2D eigenvalue weighted by atomic mass is 19.4. The van der Waals surface area contributed by atoms with Gasteiger partial charge in [-0.05, 0) is 25.2 Å².